The van der Waals surface area contributed by atoms with Gasteiger partial charge in [-0.15, -0.1) is 0 Å². The van der Waals surface area contributed by atoms with E-state index in [1.165, 1.54) is 0 Å². The van der Waals surface area contributed by atoms with Crippen LogP contribution in [0, 0.1) is 44.7 Å². The minimum absolute atomic E-state index is 0.130. The highest BCUT2D eigenvalue weighted by atomic mass is 16.6. The van der Waals surface area contributed by atoms with Crippen LogP contribution in [0.25, 0.3) is 5.69 Å². The van der Waals surface area contributed by atoms with Crippen molar-refractivity contribution >= 4 is 5.69 Å². The van der Waals surface area contributed by atoms with Crippen molar-refractivity contribution < 1.29 is 4.92 Å². The van der Waals surface area contributed by atoms with Gasteiger partial charge in [0.05, 0.1) is 16.3 Å². The van der Waals surface area contributed by atoms with Crippen LogP contribution in [0.15, 0.2) is 12.1 Å². The van der Waals surface area contributed by atoms with Gasteiger partial charge in [-0.05, 0) is 45.7 Å². The Morgan fingerprint density at radius 2 is 1.63 bits per heavy atom. The molecule has 2 rings (SSSR count). The predicted octanol–water partition coefficient (Wildman–Crippen LogP) is 3.32. The number of nitrogens with zero attached hydrogens (tertiary/aromatic N) is 3. The first-order chi connectivity index (χ1) is 8.82. The van der Waals surface area contributed by atoms with Crippen molar-refractivity contribution in [2.45, 2.75) is 34.6 Å². The maximum Gasteiger partial charge on any atom is 0.270 e. The molecular formula is C14H17N3O2. The molecule has 0 aliphatic rings. The molecular weight excluding hydrogens is 242 g/mol. The Morgan fingerprint density at radius 1 is 1.11 bits per heavy atom. The summed E-state index contributed by atoms with van der Waals surface area (Å²) >= 11 is 0. The van der Waals surface area contributed by atoms with Gasteiger partial charge < -0.3 is 4.57 Å². The van der Waals surface area contributed by atoms with Gasteiger partial charge in [0.15, 0.2) is 0 Å². The highest BCUT2D eigenvalue weighted by molar-refractivity contribution is 5.55. The molecule has 5 heteroatoms. The van der Waals surface area contributed by atoms with E-state index in [1.807, 2.05) is 34.6 Å². The lowest BCUT2D eigenvalue weighted by molar-refractivity contribution is -0.384. The largest absolute Gasteiger partial charge is 0.300 e. The lowest BCUT2D eigenvalue weighted by Crippen LogP contribution is -2.05. The molecule has 1 heterocycles. The number of imidazole rings is 1. The van der Waals surface area contributed by atoms with E-state index in [9.17, 15) is 10.1 Å². The summed E-state index contributed by atoms with van der Waals surface area (Å²) in [5, 5.41) is 10.9. The smallest absolute Gasteiger partial charge is 0.270 e. The van der Waals surface area contributed by atoms with Crippen molar-refractivity contribution in [3.63, 3.8) is 0 Å². The average Bonchev–Trinajstić information content (AvgIpc) is 2.54. The third kappa shape index (κ3) is 2.12. The van der Waals surface area contributed by atoms with Gasteiger partial charge in [0, 0.05) is 17.8 Å². The molecule has 0 aliphatic heterocycles. The maximum absolute atomic E-state index is 10.9. The zero-order chi connectivity index (χ0) is 14.3. The van der Waals surface area contributed by atoms with E-state index < -0.39 is 0 Å². The number of nitro groups is 1. The fourth-order valence-corrected chi connectivity index (χ4v) is 2.50. The van der Waals surface area contributed by atoms with Crippen LogP contribution in [0.3, 0.4) is 0 Å². The summed E-state index contributed by atoms with van der Waals surface area (Å²) in [7, 11) is 0. The first-order valence-corrected chi connectivity index (χ1v) is 6.11. The first-order valence-electron chi connectivity index (χ1n) is 6.11. The van der Waals surface area contributed by atoms with Crippen molar-refractivity contribution in [1.82, 2.24) is 9.55 Å². The topological polar surface area (TPSA) is 61.0 Å². The van der Waals surface area contributed by atoms with E-state index in [2.05, 4.69) is 9.55 Å². The second-order valence-corrected chi connectivity index (χ2v) is 4.85. The number of nitro benzene ring substituents is 1. The number of aryl methyl sites for hydroxylation is 4. The summed E-state index contributed by atoms with van der Waals surface area (Å²) < 4.78 is 2.06. The van der Waals surface area contributed by atoms with Gasteiger partial charge in [-0.1, -0.05) is 0 Å². The summed E-state index contributed by atoms with van der Waals surface area (Å²) in [5.74, 6) is 0.898. The first kappa shape index (κ1) is 13.3. The molecule has 0 amide bonds. The molecule has 0 fully saturated rings. The number of hydrogen-bond acceptors (Lipinski definition) is 3. The van der Waals surface area contributed by atoms with Gasteiger partial charge in [0.25, 0.3) is 5.69 Å². The molecule has 0 spiro atoms. The molecule has 1 aromatic heterocycles. The number of non-ortho nitro benzene ring substituents is 1. The van der Waals surface area contributed by atoms with Gasteiger partial charge in [-0.25, -0.2) is 4.98 Å². The Hall–Kier alpha value is -2.17. The number of rotatable bonds is 2. The van der Waals surface area contributed by atoms with Crippen molar-refractivity contribution in [2.24, 2.45) is 0 Å². The van der Waals surface area contributed by atoms with Gasteiger partial charge >= 0.3 is 0 Å². The molecule has 100 valence electrons. The zero-order valence-corrected chi connectivity index (χ0v) is 11.8. The second kappa shape index (κ2) is 4.50. The summed E-state index contributed by atoms with van der Waals surface area (Å²) in [5.41, 5.74) is 4.94. The third-order valence-corrected chi connectivity index (χ3v) is 3.42. The predicted molar refractivity (Wildman–Crippen MR) is 73.9 cm³/mol. The highest BCUT2D eigenvalue weighted by Gasteiger charge is 2.17. The van der Waals surface area contributed by atoms with E-state index in [0.29, 0.717) is 0 Å². The standard InChI is InChI=1S/C14H17N3O2/c1-8-6-13(17(18)19)7-9(2)14(8)16-11(4)10(3)15-12(16)5/h6-7H,1-5H3. The maximum atomic E-state index is 10.9. The highest BCUT2D eigenvalue weighted by Crippen LogP contribution is 2.27. The van der Waals surface area contributed by atoms with E-state index in [-0.39, 0.29) is 10.6 Å². The molecule has 5 nitrogen and oxygen atoms in total. The molecule has 0 radical (unpaired) electrons. The quantitative estimate of drug-likeness (QED) is 0.614. The van der Waals surface area contributed by atoms with Crippen LogP contribution < -0.4 is 0 Å². The van der Waals surface area contributed by atoms with Crippen LogP contribution in [0.5, 0.6) is 0 Å². The van der Waals surface area contributed by atoms with Gasteiger partial charge in [-0.2, -0.15) is 0 Å². The molecule has 0 saturated heterocycles. The van der Waals surface area contributed by atoms with Crippen LogP contribution in [0.2, 0.25) is 0 Å². The van der Waals surface area contributed by atoms with Gasteiger partial charge in [0.2, 0.25) is 0 Å². The second-order valence-electron chi connectivity index (χ2n) is 4.85. The number of benzene rings is 1. The molecule has 19 heavy (non-hydrogen) atoms. The monoisotopic (exact) mass is 259 g/mol. The van der Waals surface area contributed by atoms with Crippen molar-refractivity contribution in [2.75, 3.05) is 0 Å². The lowest BCUT2D eigenvalue weighted by atomic mass is 10.1. The van der Waals surface area contributed by atoms with Crippen molar-refractivity contribution in [1.29, 1.82) is 0 Å². The van der Waals surface area contributed by atoms with E-state index in [4.69, 9.17) is 0 Å². The van der Waals surface area contributed by atoms with Crippen LogP contribution >= 0.6 is 0 Å². The van der Waals surface area contributed by atoms with E-state index in [1.54, 1.807) is 12.1 Å². The molecule has 1 aromatic carbocycles. The third-order valence-electron chi connectivity index (χ3n) is 3.42. The van der Waals surface area contributed by atoms with Crippen LogP contribution in [0.1, 0.15) is 28.3 Å². The van der Waals surface area contributed by atoms with Crippen LogP contribution in [-0.4, -0.2) is 14.5 Å². The van der Waals surface area contributed by atoms with Gasteiger partial charge in [-0.3, -0.25) is 10.1 Å². The Bertz CT molecular complexity index is 649. The molecule has 0 aliphatic carbocycles. The lowest BCUT2D eigenvalue weighted by Gasteiger charge is -2.14. The summed E-state index contributed by atoms with van der Waals surface area (Å²) in [6.45, 7) is 9.71. The Morgan fingerprint density at radius 3 is 2.00 bits per heavy atom. The number of aromatic nitrogens is 2. The summed E-state index contributed by atoms with van der Waals surface area (Å²) in [6.07, 6.45) is 0. The molecule has 2 aromatic rings. The fourth-order valence-electron chi connectivity index (χ4n) is 2.50. The number of hydrogen-bond donors (Lipinski definition) is 0. The molecule has 0 unspecified atom stereocenters. The Balaban J connectivity index is 2.73. The Labute approximate surface area is 112 Å². The Kier molecular flexibility index (Phi) is 3.14. The summed E-state index contributed by atoms with van der Waals surface area (Å²) in [6, 6.07) is 3.22. The zero-order valence-electron chi connectivity index (χ0n) is 11.8. The van der Waals surface area contributed by atoms with E-state index >= 15 is 0 Å². The minimum atomic E-state index is -0.358. The molecule has 0 saturated carbocycles. The molecule has 0 bridgehead atoms. The minimum Gasteiger partial charge on any atom is -0.300 e. The van der Waals surface area contributed by atoms with E-state index in [0.717, 1.165) is 34.0 Å². The van der Waals surface area contributed by atoms with Crippen molar-refractivity contribution in [3.8, 4) is 5.69 Å². The molecule has 0 N–H and O–H groups in total. The van der Waals surface area contributed by atoms with Crippen LogP contribution in [-0.2, 0) is 0 Å². The summed E-state index contributed by atoms with van der Waals surface area (Å²) in [4.78, 5) is 15.0. The van der Waals surface area contributed by atoms with Crippen molar-refractivity contribution in [3.05, 3.63) is 50.6 Å². The fraction of sp³-hybridized carbons (Fsp3) is 0.357. The van der Waals surface area contributed by atoms with Crippen LogP contribution in [0.4, 0.5) is 5.69 Å². The molecule has 0 atom stereocenters. The van der Waals surface area contributed by atoms with Gasteiger partial charge in [0.1, 0.15) is 5.82 Å². The average molecular weight is 259 g/mol. The normalized spacial score (nSPS) is 10.8. The SMILES string of the molecule is Cc1cc([N+](=O)[O-])cc(C)c1-n1c(C)nc(C)c1C.